The first-order valence-electron chi connectivity index (χ1n) is 12.3. The summed E-state index contributed by atoms with van der Waals surface area (Å²) >= 11 is 0. The van der Waals surface area contributed by atoms with Gasteiger partial charge in [0.2, 0.25) is 5.91 Å². The topological polar surface area (TPSA) is 81.6 Å². The first-order valence-corrected chi connectivity index (χ1v) is 12.3. The van der Waals surface area contributed by atoms with Crippen molar-refractivity contribution in [2.24, 2.45) is 0 Å². The standard InChI is InChI=1S/C30H33N3O4/c1-21-9-10-22(2)25(15-21)18-33-27-12-11-26(16-24(27)17-28(33)30(35)31-13-14-36-3)32-29(34)20-37-19-23-7-5-4-6-8-23/h4-12,15-17H,13-14,18-20H2,1-3H3,(H,31,35)(H,32,34). The summed E-state index contributed by atoms with van der Waals surface area (Å²) in [5, 5.41) is 6.69. The molecule has 0 fully saturated rings. The Morgan fingerprint density at radius 3 is 2.54 bits per heavy atom. The maximum Gasteiger partial charge on any atom is 0.268 e. The van der Waals surface area contributed by atoms with E-state index in [1.807, 2.05) is 59.2 Å². The van der Waals surface area contributed by atoms with Crippen molar-refractivity contribution in [2.45, 2.75) is 27.0 Å². The van der Waals surface area contributed by atoms with Gasteiger partial charge in [-0.05, 0) is 54.8 Å². The van der Waals surface area contributed by atoms with E-state index in [1.54, 1.807) is 7.11 Å². The number of ether oxygens (including phenoxy) is 2. The molecule has 1 heterocycles. The number of benzene rings is 3. The summed E-state index contributed by atoms with van der Waals surface area (Å²) in [6.45, 7) is 5.88. The molecule has 4 aromatic rings. The molecule has 7 heteroatoms. The van der Waals surface area contributed by atoms with E-state index in [0.717, 1.165) is 27.6 Å². The van der Waals surface area contributed by atoms with Crippen LogP contribution in [-0.4, -0.2) is 43.2 Å². The van der Waals surface area contributed by atoms with Gasteiger partial charge in [0.15, 0.2) is 0 Å². The molecule has 0 atom stereocenters. The maximum absolute atomic E-state index is 13.1. The molecule has 7 nitrogen and oxygen atoms in total. The molecular formula is C30H33N3O4. The molecule has 0 aliphatic rings. The molecule has 0 spiro atoms. The second-order valence-electron chi connectivity index (χ2n) is 9.09. The van der Waals surface area contributed by atoms with Gasteiger partial charge in [-0.3, -0.25) is 9.59 Å². The van der Waals surface area contributed by atoms with E-state index in [2.05, 4.69) is 42.7 Å². The van der Waals surface area contributed by atoms with Gasteiger partial charge < -0.3 is 24.7 Å². The highest BCUT2D eigenvalue weighted by Crippen LogP contribution is 2.26. The average Bonchev–Trinajstić information content (AvgIpc) is 3.24. The molecule has 3 aromatic carbocycles. The van der Waals surface area contributed by atoms with Crippen LogP contribution in [0.5, 0.6) is 0 Å². The fraction of sp³-hybridized carbons (Fsp3) is 0.267. The van der Waals surface area contributed by atoms with Crippen LogP contribution in [0.3, 0.4) is 0 Å². The highest BCUT2D eigenvalue weighted by Gasteiger charge is 2.17. The Labute approximate surface area is 217 Å². The highest BCUT2D eigenvalue weighted by molar-refractivity contribution is 6.00. The molecule has 4 rings (SSSR count). The minimum Gasteiger partial charge on any atom is -0.383 e. The number of rotatable bonds is 11. The fourth-order valence-corrected chi connectivity index (χ4v) is 4.24. The van der Waals surface area contributed by atoms with Crippen LogP contribution in [0.25, 0.3) is 10.9 Å². The summed E-state index contributed by atoms with van der Waals surface area (Å²) < 4.78 is 12.6. The molecule has 2 amide bonds. The summed E-state index contributed by atoms with van der Waals surface area (Å²) in [4.78, 5) is 25.5. The minimum atomic E-state index is -0.234. The van der Waals surface area contributed by atoms with Crippen LogP contribution in [0.2, 0.25) is 0 Å². The van der Waals surface area contributed by atoms with Crippen molar-refractivity contribution < 1.29 is 19.1 Å². The number of carbonyl (C=O) groups excluding carboxylic acids is 2. The van der Waals surface area contributed by atoms with Crippen LogP contribution in [-0.2, 0) is 27.4 Å². The Morgan fingerprint density at radius 1 is 0.946 bits per heavy atom. The molecule has 0 saturated heterocycles. The number of carbonyl (C=O) groups is 2. The summed E-state index contributed by atoms with van der Waals surface area (Å²) in [7, 11) is 1.60. The number of methoxy groups -OCH3 is 1. The SMILES string of the molecule is COCCNC(=O)c1cc2cc(NC(=O)COCc3ccccc3)ccc2n1Cc1cc(C)ccc1C. The molecular weight excluding hydrogens is 466 g/mol. The van der Waals surface area contributed by atoms with Crippen molar-refractivity contribution in [2.75, 3.05) is 32.2 Å². The van der Waals surface area contributed by atoms with Crippen LogP contribution in [0.4, 0.5) is 5.69 Å². The van der Waals surface area contributed by atoms with Gasteiger partial charge in [-0.25, -0.2) is 0 Å². The van der Waals surface area contributed by atoms with Crippen LogP contribution in [0.1, 0.15) is 32.7 Å². The van der Waals surface area contributed by atoms with E-state index in [0.29, 0.717) is 37.7 Å². The van der Waals surface area contributed by atoms with Crippen molar-refractivity contribution in [3.63, 3.8) is 0 Å². The predicted octanol–water partition coefficient (Wildman–Crippen LogP) is 4.84. The molecule has 2 N–H and O–H groups in total. The van der Waals surface area contributed by atoms with Gasteiger partial charge >= 0.3 is 0 Å². The van der Waals surface area contributed by atoms with Gasteiger partial charge in [0.25, 0.3) is 5.91 Å². The molecule has 1 aromatic heterocycles. The van der Waals surface area contributed by atoms with Crippen molar-refractivity contribution in [3.8, 4) is 0 Å². The number of amides is 2. The number of hydrogen-bond donors (Lipinski definition) is 2. The zero-order valence-corrected chi connectivity index (χ0v) is 21.5. The van der Waals surface area contributed by atoms with Crippen LogP contribution in [0, 0.1) is 13.8 Å². The fourth-order valence-electron chi connectivity index (χ4n) is 4.24. The van der Waals surface area contributed by atoms with Gasteiger partial charge in [-0.1, -0.05) is 54.1 Å². The zero-order chi connectivity index (χ0) is 26.2. The van der Waals surface area contributed by atoms with Crippen LogP contribution in [0.15, 0.2) is 72.8 Å². The Balaban J connectivity index is 1.54. The van der Waals surface area contributed by atoms with Crippen LogP contribution < -0.4 is 10.6 Å². The quantitative estimate of drug-likeness (QED) is 0.290. The van der Waals surface area contributed by atoms with Gasteiger partial charge in [0.05, 0.1) is 13.2 Å². The Morgan fingerprint density at radius 2 is 1.76 bits per heavy atom. The van der Waals surface area contributed by atoms with Crippen molar-refractivity contribution in [3.05, 3.63) is 101 Å². The van der Waals surface area contributed by atoms with Gasteiger partial charge in [0.1, 0.15) is 12.3 Å². The predicted molar refractivity (Wildman–Crippen MR) is 146 cm³/mol. The summed E-state index contributed by atoms with van der Waals surface area (Å²) in [6, 6.07) is 23.6. The summed E-state index contributed by atoms with van der Waals surface area (Å²) in [5.41, 5.74) is 6.61. The lowest BCUT2D eigenvalue weighted by atomic mass is 10.1. The van der Waals surface area contributed by atoms with E-state index in [-0.39, 0.29) is 18.4 Å². The number of aryl methyl sites for hydroxylation is 2. The van der Waals surface area contributed by atoms with E-state index in [1.165, 1.54) is 5.56 Å². The number of hydrogen-bond acceptors (Lipinski definition) is 4. The molecule has 0 bridgehead atoms. The molecule has 0 saturated carbocycles. The summed E-state index contributed by atoms with van der Waals surface area (Å²) in [6.07, 6.45) is 0. The number of fused-ring (bicyclic) bond motifs is 1. The molecule has 192 valence electrons. The monoisotopic (exact) mass is 499 g/mol. The first kappa shape index (κ1) is 26.1. The summed E-state index contributed by atoms with van der Waals surface area (Å²) in [5.74, 6) is -0.402. The van der Waals surface area contributed by atoms with Crippen molar-refractivity contribution >= 4 is 28.4 Å². The lowest BCUT2D eigenvalue weighted by Crippen LogP contribution is -2.29. The molecule has 37 heavy (non-hydrogen) atoms. The van der Waals surface area contributed by atoms with Gasteiger partial charge in [-0.15, -0.1) is 0 Å². The third-order valence-corrected chi connectivity index (χ3v) is 6.19. The second kappa shape index (κ2) is 12.3. The van der Waals surface area contributed by atoms with Gasteiger partial charge in [-0.2, -0.15) is 0 Å². The number of anilines is 1. The smallest absolute Gasteiger partial charge is 0.268 e. The maximum atomic E-state index is 13.1. The van der Waals surface area contributed by atoms with E-state index < -0.39 is 0 Å². The first-order chi connectivity index (χ1) is 17.9. The van der Waals surface area contributed by atoms with Crippen molar-refractivity contribution in [1.82, 2.24) is 9.88 Å². The number of nitrogens with zero attached hydrogens (tertiary/aromatic N) is 1. The van der Waals surface area contributed by atoms with Gasteiger partial charge in [0, 0.05) is 36.8 Å². The number of aromatic nitrogens is 1. The molecule has 0 unspecified atom stereocenters. The Hall–Kier alpha value is -3.94. The largest absolute Gasteiger partial charge is 0.383 e. The van der Waals surface area contributed by atoms with Crippen molar-refractivity contribution in [1.29, 1.82) is 0 Å². The highest BCUT2D eigenvalue weighted by atomic mass is 16.5. The normalized spacial score (nSPS) is 11.0. The minimum absolute atomic E-state index is 0.0479. The Bertz CT molecular complexity index is 1380. The Kier molecular flexibility index (Phi) is 8.72. The lowest BCUT2D eigenvalue weighted by Gasteiger charge is -2.14. The average molecular weight is 500 g/mol. The molecule has 0 aliphatic heterocycles. The molecule has 0 aliphatic carbocycles. The van der Waals surface area contributed by atoms with Crippen LogP contribution >= 0.6 is 0 Å². The second-order valence-corrected chi connectivity index (χ2v) is 9.09. The third-order valence-electron chi connectivity index (χ3n) is 6.19. The van der Waals surface area contributed by atoms with E-state index in [9.17, 15) is 9.59 Å². The number of nitrogens with one attached hydrogen (secondary N) is 2. The molecule has 0 radical (unpaired) electrons. The van der Waals surface area contributed by atoms with E-state index >= 15 is 0 Å². The third kappa shape index (κ3) is 6.84. The van der Waals surface area contributed by atoms with E-state index in [4.69, 9.17) is 9.47 Å². The lowest BCUT2D eigenvalue weighted by molar-refractivity contribution is -0.121. The zero-order valence-electron chi connectivity index (χ0n) is 21.5.